The van der Waals surface area contributed by atoms with Crippen molar-refractivity contribution in [3.8, 4) is 0 Å². The van der Waals surface area contributed by atoms with Crippen molar-refractivity contribution in [2.75, 3.05) is 0 Å². The molecule has 0 fully saturated rings. The third-order valence-electron chi connectivity index (χ3n) is 2.92. The zero-order valence-corrected chi connectivity index (χ0v) is 10.7. The van der Waals surface area contributed by atoms with Gasteiger partial charge in [-0.2, -0.15) is 0 Å². The molecular weight excluding hydrogens is 258 g/mol. The Morgan fingerprint density at radius 3 is 2.35 bits per heavy atom. The summed E-state index contributed by atoms with van der Waals surface area (Å²) in [4.78, 5) is 33.3. The number of rotatable bonds is 4. The van der Waals surface area contributed by atoms with Gasteiger partial charge in [-0.3, -0.25) is 19.7 Å². The molecule has 5 nitrogen and oxygen atoms in total. The summed E-state index contributed by atoms with van der Waals surface area (Å²) in [5.41, 5.74) is 1.69. The highest BCUT2D eigenvalue weighted by molar-refractivity contribution is 6.12. The van der Waals surface area contributed by atoms with Crippen molar-refractivity contribution in [1.29, 1.82) is 0 Å². The van der Waals surface area contributed by atoms with Gasteiger partial charge >= 0.3 is 0 Å². The molecule has 2 aromatic carbocycles. The van der Waals surface area contributed by atoms with Crippen molar-refractivity contribution in [1.82, 2.24) is 0 Å². The smallest absolute Gasteiger partial charge is 0.269 e. The van der Waals surface area contributed by atoms with E-state index in [0.717, 1.165) is 5.56 Å². The van der Waals surface area contributed by atoms with Gasteiger partial charge in [0.05, 0.1) is 4.92 Å². The third kappa shape index (κ3) is 2.61. The van der Waals surface area contributed by atoms with E-state index in [1.807, 2.05) is 6.92 Å². The van der Waals surface area contributed by atoms with Crippen molar-refractivity contribution in [2.45, 2.75) is 6.92 Å². The summed E-state index contributed by atoms with van der Waals surface area (Å²) in [7, 11) is 0. The molecule has 20 heavy (non-hydrogen) atoms. The van der Waals surface area contributed by atoms with E-state index in [4.69, 9.17) is 0 Å². The monoisotopic (exact) mass is 269 g/mol. The van der Waals surface area contributed by atoms with Gasteiger partial charge in [0.15, 0.2) is 12.1 Å². The first-order valence-corrected chi connectivity index (χ1v) is 5.88. The second-order valence-corrected chi connectivity index (χ2v) is 4.34. The molecule has 0 aliphatic carbocycles. The standard InChI is InChI=1S/C15H11NO4/c1-10-2-3-12(9-17)14(8-10)15(18)11-4-6-13(7-5-11)16(19)20/h2-9H,1H3. The van der Waals surface area contributed by atoms with Crippen LogP contribution in [0.2, 0.25) is 0 Å². The summed E-state index contributed by atoms with van der Waals surface area (Å²) in [5.74, 6) is -0.328. The largest absolute Gasteiger partial charge is 0.298 e. The number of aldehydes is 1. The van der Waals surface area contributed by atoms with E-state index in [2.05, 4.69) is 0 Å². The summed E-state index contributed by atoms with van der Waals surface area (Å²) in [6.45, 7) is 1.82. The van der Waals surface area contributed by atoms with Gasteiger partial charge in [0.1, 0.15) is 0 Å². The number of nitro benzene ring substituents is 1. The molecule has 0 saturated carbocycles. The maximum absolute atomic E-state index is 12.3. The van der Waals surface area contributed by atoms with Crippen LogP contribution in [0.4, 0.5) is 5.69 Å². The molecule has 0 aliphatic rings. The summed E-state index contributed by atoms with van der Waals surface area (Å²) in [6.07, 6.45) is 0.623. The second-order valence-electron chi connectivity index (χ2n) is 4.34. The maximum Gasteiger partial charge on any atom is 0.269 e. The van der Waals surface area contributed by atoms with Crippen LogP contribution in [0.3, 0.4) is 0 Å². The fourth-order valence-corrected chi connectivity index (χ4v) is 1.86. The summed E-state index contributed by atoms with van der Waals surface area (Å²) in [6, 6.07) is 10.3. The van der Waals surface area contributed by atoms with Crippen LogP contribution < -0.4 is 0 Å². The van der Waals surface area contributed by atoms with E-state index in [9.17, 15) is 19.7 Å². The molecule has 2 rings (SSSR count). The molecule has 0 spiro atoms. The molecule has 0 unspecified atom stereocenters. The molecular formula is C15H11NO4. The predicted molar refractivity (Wildman–Crippen MR) is 73.1 cm³/mol. The van der Waals surface area contributed by atoms with Gasteiger partial charge in [-0.05, 0) is 25.1 Å². The van der Waals surface area contributed by atoms with Gasteiger partial charge in [0, 0.05) is 28.8 Å². The Bertz CT molecular complexity index is 690. The maximum atomic E-state index is 12.3. The molecule has 0 bridgehead atoms. The summed E-state index contributed by atoms with van der Waals surface area (Å²) in [5, 5.41) is 10.6. The Morgan fingerprint density at radius 2 is 1.80 bits per heavy atom. The first-order valence-electron chi connectivity index (χ1n) is 5.88. The SMILES string of the molecule is Cc1ccc(C=O)c(C(=O)c2ccc([N+](=O)[O-])cc2)c1. The number of hydrogen-bond acceptors (Lipinski definition) is 4. The van der Waals surface area contributed by atoms with Gasteiger partial charge in [-0.15, -0.1) is 0 Å². The second kappa shape index (κ2) is 5.44. The van der Waals surface area contributed by atoms with E-state index in [-0.39, 0.29) is 11.5 Å². The Labute approximate surface area is 115 Å². The van der Waals surface area contributed by atoms with Crippen LogP contribution in [0.1, 0.15) is 31.8 Å². The number of carbonyl (C=O) groups is 2. The lowest BCUT2D eigenvalue weighted by Crippen LogP contribution is -2.05. The van der Waals surface area contributed by atoms with E-state index >= 15 is 0 Å². The number of benzene rings is 2. The highest BCUT2D eigenvalue weighted by atomic mass is 16.6. The molecule has 0 aliphatic heterocycles. The molecule has 0 heterocycles. The predicted octanol–water partition coefficient (Wildman–Crippen LogP) is 2.95. The van der Waals surface area contributed by atoms with E-state index in [0.29, 0.717) is 23.0 Å². The van der Waals surface area contributed by atoms with Gasteiger partial charge in [0.2, 0.25) is 0 Å². The zero-order chi connectivity index (χ0) is 14.7. The molecule has 0 radical (unpaired) electrons. The molecule has 0 N–H and O–H groups in total. The number of ketones is 1. The van der Waals surface area contributed by atoms with Gasteiger partial charge in [0.25, 0.3) is 5.69 Å². The molecule has 0 saturated heterocycles. The van der Waals surface area contributed by atoms with Gasteiger partial charge in [-0.25, -0.2) is 0 Å². The lowest BCUT2D eigenvalue weighted by molar-refractivity contribution is -0.384. The van der Waals surface area contributed by atoms with E-state index in [1.165, 1.54) is 24.3 Å². The van der Waals surface area contributed by atoms with Crippen molar-refractivity contribution in [3.63, 3.8) is 0 Å². The lowest BCUT2D eigenvalue weighted by atomic mass is 9.97. The highest BCUT2D eigenvalue weighted by Gasteiger charge is 2.15. The van der Waals surface area contributed by atoms with E-state index < -0.39 is 4.92 Å². The number of aryl methyl sites for hydroxylation is 1. The molecule has 0 aromatic heterocycles. The first kappa shape index (κ1) is 13.6. The van der Waals surface area contributed by atoms with Crippen LogP contribution in [-0.4, -0.2) is 17.0 Å². The normalized spacial score (nSPS) is 10.1. The number of hydrogen-bond donors (Lipinski definition) is 0. The van der Waals surface area contributed by atoms with Crippen LogP contribution >= 0.6 is 0 Å². The van der Waals surface area contributed by atoms with Crippen molar-refractivity contribution >= 4 is 17.8 Å². The van der Waals surface area contributed by atoms with Crippen LogP contribution in [0.25, 0.3) is 0 Å². The number of nitro groups is 1. The van der Waals surface area contributed by atoms with Crippen LogP contribution in [-0.2, 0) is 0 Å². The fourth-order valence-electron chi connectivity index (χ4n) is 1.86. The Kier molecular flexibility index (Phi) is 3.70. The van der Waals surface area contributed by atoms with Gasteiger partial charge in [-0.1, -0.05) is 17.7 Å². The summed E-state index contributed by atoms with van der Waals surface area (Å²) < 4.78 is 0. The quantitative estimate of drug-likeness (QED) is 0.370. The highest BCUT2D eigenvalue weighted by Crippen LogP contribution is 2.18. The topological polar surface area (TPSA) is 77.3 Å². The third-order valence-corrected chi connectivity index (χ3v) is 2.92. The Morgan fingerprint density at radius 1 is 1.15 bits per heavy atom. The average Bonchev–Trinajstić information content (AvgIpc) is 2.46. The molecule has 0 atom stereocenters. The van der Waals surface area contributed by atoms with E-state index in [1.54, 1.807) is 18.2 Å². The van der Waals surface area contributed by atoms with Crippen molar-refractivity contribution < 1.29 is 14.5 Å². The minimum atomic E-state index is -0.530. The number of nitrogens with zero attached hydrogens (tertiary/aromatic N) is 1. The van der Waals surface area contributed by atoms with Crippen LogP contribution in [0.15, 0.2) is 42.5 Å². The minimum absolute atomic E-state index is 0.0820. The Hall–Kier alpha value is -2.82. The summed E-state index contributed by atoms with van der Waals surface area (Å²) >= 11 is 0. The molecule has 0 amide bonds. The van der Waals surface area contributed by atoms with Crippen molar-refractivity contribution in [2.24, 2.45) is 0 Å². The van der Waals surface area contributed by atoms with Crippen LogP contribution in [0, 0.1) is 17.0 Å². The van der Waals surface area contributed by atoms with Gasteiger partial charge < -0.3 is 0 Å². The van der Waals surface area contributed by atoms with Crippen molar-refractivity contribution in [3.05, 3.63) is 74.8 Å². The molecule has 100 valence electrons. The number of non-ortho nitro benzene ring substituents is 1. The molecule has 5 heteroatoms. The Balaban J connectivity index is 2.43. The average molecular weight is 269 g/mol. The first-order chi connectivity index (χ1) is 9.52. The van der Waals surface area contributed by atoms with Crippen LogP contribution in [0.5, 0.6) is 0 Å². The fraction of sp³-hybridized carbons (Fsp3) is 0.0667. The minimum Gasteiger partial charge on any atom is -0.298 e. The zero-order valence-electron chi connectivity index (χ0n) is 10.7. The number of carbonyl (C=O) groups excluding carboxylic acids is 2. The lowest BCUT2D eigenvalue weighted by Gasteiger charge is -2.05. The molecule has 2 aromatic rings.